The van der Waals surface area contributed by atoms with Crippen molar-refractivity contribution in [2.45, 2.75) is 38.1 Å². The predicted molar refractivity (Wildman–Crippen MR) is 132 cm³/mol. The summed E-state index contributed by atoms with van der Waals surface area (Å²) in [4.78, 5) is 18.4. The fourth-order valence-corrected chi connectivity index (χ4v) is 6.30. The van der Waals surface area contributed by atoms with Crippen molar-refractivity contribution in [2.24, 2.45) is 11.1 Å². The highest BCUT2D eigenvalue weighted by Gasteiger charge is 2.48. The van der Waals surface area contributed by atoms with Crippen LogP contribution < -0.4 is 15.5 Å². The Labute approximate surface area is 206 Å². The molecule has 3 N–H and O–H groups in total. The maximum atomic E-state index is 14.5. The average molecular weight is 489 g/mol. The van der Waals surface area contributed by atoms with Crippen LogP contribution in [0.15, 0.2) is 36.7 Å². The molecular weight excluding hydrogens is 462 g/mol. The molecule has 7 rings (SSSR count). The maximum Gasteiger partial charge on any atom is 0.183 e. The zero-order valence-electron chi connectivity index (χ0n) is 19.7. The van der Waals surface area contributed by atoms with Crippen LogP contribution >= 0.6 is 0 Å². The van der Waals surface area contributed by atoms with Crippen molar-refractivity contribution in [3.63, 3.8) is 0 Å². The number of anilines is 3. The van der Waals surface area contributed by atoms with Crippen LogP contribution in [0.2, 0.25) is 0 Å². The summed E-state index contributed by atoms with van der Waals surface area (Å²) in [5.41, 5.74) is 10.5. The van der Waals surface area contributed by atoms with Gasteiger partial charge in [0.2, 0.25) is 0 Å². The van der Waals surface area contributed by atoms with E-state index in [2.05, 4.69) is 31.0 Å². The molecule has 1 spiro atoms. The number of fused-ring (bicyclic) bond motifs is 3. The van der Waals surface area contributed by atoms with Gasteiger partial charge in [0.1, 0.15) is 17.5 Å². The van der Waals surface area contributed by atoms with Crippen molar-refractivity contribution in [3.05, 3.63) is 65.1 Å². The number of aromatic nitrogens is 5. The van der Waals surface area contributed by atoms with E-state index in [0.29, 0.717) is 36.3 Å². The van der Waals surface area contributed by atoms with Gasteiger partial charge in [0, 0.05) is 37.4 Å². The van der Waals surface area contributed by atoms with Crippen LogP contribution in [-0.2, 0) is 12.8 Å². The molecule has 1 atom stereocenters. The minimum atomic E-state index is -0.504. The molecule has 0 radical (unpaired) electrons. The van der Waals surface area contributed by atoms with E-state index < -0.39 is 11.9 Å². The van der Waals surface area contributed by atoms with Crippen LogP contribution in [0.1, 0.15) is 42.1 Å². The molecule has 3 aliphatic rings. The number of H-pyrrole nitrogens is 1. The second-order valence-corrected chi connectivity index (χ2v) is 10.1. The molecule has 0 amide bonds. The summed E-state index contributed by atoms with van der Waals surface area (Å²) in [6, 6.07) is 5.89. The molecule has 3 aromatic heterocycles. The molecular formula is C26H26F2N8. The number of hydrogen-bond acceptors (Lipinski definition) is 7. The van der Waals surface area contributed by atoms with Gasteiger partial charge in [-0.3, -0.25) is 10.1 Å². The average Bonchev–Trinajstić information content (AvgIpc) is 3.46. The predicted octanol–water partition coefficient (Wildman–Crippen LogP) is 3.95. The van der Waals surface area contributed by atoms with Crippen LogP contribution in [0.5, 0.6) is 0 Å². The van der Waals surface area contributed by atoms with Crippen LogP contribution in [0, 0.1) is 17.0 Å². The van der Waals surface area contributed by atoms with Gasteiger partial charge < -0.3 is 15.5 Å². The van der Waals surface area contributed by atoms with Crippen LogP contribution in [0.3, 0.4) is 0 Å². The molecule has 10 heteroatoms. The molecule has 0 bridgehead atoms. The smallest absolute Gasteiger partial charge is 0.183 e. The Bertz CT molecular complexity index is 1480. The Morgan fingerprint density at radius 2 is 1.89 bits per heavy atom. The minimum absolute atomic E-state index is 0.337. The number of nitrogens with one attached hydrogen (secondary N) is 1. The normalized spacial score (nSPS) is 20.7. The molecule has 4 aromatic rings. The fourth-order valence-electron chi connectivity index (χ4n) is 6.30. The number of rotatable bonds is 2. The van der Waals surface area contributed by atoms with E-state index in [0.717, 1.165) is 60.8 Å². The molecule has 5 heterocycles. The quantitative estimate of drug-likeness (QED) is 0.441. The van der Waals surface area contributed by atoms with Gasteiger partial charge in [-0.2, -0.15) is 5.10 Å². The number of benzene rings is 1. The topological polar surface area (TPSA) is 99.9 Å². The van der Waals surface area contributed by atoms with E-state index in [1.54, 1.807) is 6.20 Å². The lowest BCUT2D eigenvalue weighted by atomic mass is 9.73. The van der Waals surface area contributed by atoms with Crippen molar-refractivity contribution in [1.29, 1.82) is 0 Å². The molecule has 0 unspecified atom stereocenters. The summed E-state index contributed by atoms with van der Waals surface area (Å²) >= 11 is 0. The zero-order valence-corrected chi connectivity index (χ0v) is 19.7. The molecule has 36 heavy (non-hydrogen) atoms. The number of piperidine rings is 1. The Balaban J connectivity index is 1.13. The van der Waals surface area contributed by atoms with Gasteiger partial charge in [-0.05, 0) is 67.3 Å². The fraction of sp³-hybridized carbons (Fsp3) is 0.385. The number of halogens is 2. The lowest BCUT2D eigenvalue weighted by Gasteiger charge is -2.42. The summed E-state index contributed by atoms with van der Waals surface area (Å²) in [7, 11) is 0. The number of hydrogen-bond donors (Lipinski definition) is 2. The van der Waals surface area contributed by atoms with E-state index in [1.807, 2.05) is 12.3 Å². The summed E-state index contributed by atoms with van der Waals surface area (Å²) in [5, 5.41) is 7.61. The Kier molecular flexibility index (Phi) is 4.76. The molecule has 8 nitrogen and oxygen atoms in total. The summed E-state index contributed by atoms with van der Waals surface area (Å²) < 4.78 is 28.9. The summed E-state index contributed by atoms with van der Waals surface area (Å²) in [5.74, 6) is 0.750. The molecule has 184 valence electrons. The first-order valence-electron chi connectivity index (χ1n) is 12.4. The van der Waals surface area contributed by atoms with Gasteiger partial charge in [-0.25, -0.2) is 18.7 Å². The Morgan fingerprint density at radius 1 is 1.06 bits per heavy atom. The van der Waals surface area contributed by atoms with Crippen molar-refractivity contribution in [3.8, 4) is 0 Å². The molecule has 1 saturated heterocycles. The van der Waals surface area contributed by atoms with E-state index in [-0.39, 0.29) is 11.2 Å². The molecule has 0 saturated carbocycles. The van der Waals surface area contributed by atoms with Crippen molar-refractivity contribution in [2.75, 3.05) is 29.4 Å². The second kappa shape index (κ2) is 7.92. The van der Waals surface area contributed by atoms with Gasteiger partial charge in [0.25, 0.3) is 0 Å². The molecule has 1 aliphatic carbocycles. The molecule has 1 aromatic carbocycles. The molecule has 2 aliphatic heterocycles. The number of pyridine rings is 1. The molecule has 1 fully saturated rings. The van der Waals surface area contributed by atoms with E-state index in [4.69, 9.17) is 15.7 Å². The first kappa shape index (κ1) is 21.6. The standard InChI is InChI=1S/C26H26F2N8/c27-16-5-6-17(28)21-15(16)13-26(23(21)29)7-11-35(12-8-26)20-14-31-22-24(32-20)33-34-25(22)36-10-2-3-18-19(36)4-1-9-30-18/h1,4-6,9,14,23H,2-3,7-8,10-13,29H2,(H,32,33,34)/t23-/m0/s1. The highest BCUT2D eigenvalue weighted by molar-refractivity contribution is 5.87. The second-order valence-electron chi connectivity index (χ2n) is 10.1. The first-order valence-corrected chi connectivity index (χ1v) is 12.4. The lowest BCUT2D eigenvalue weighted by molar-refractivity contribution is 0.185. The van der Waals surface area contributed by atoms with Crippen molar-refractivity contribution in [1.82, 2.24) is 25.1 Å². The van der Waals surface area contributed by atoms with Gasteiger partial charge in [0.15, 0.2) is 17.0 Å². The highest BCUT2D eigenvalue weighted by Crippen LogP contribution is 2.52. The monoisotopic (exact) mass is 488 g/mol. The summed E-state index contributed by atoms with van der Waals surface area (Å²) in [6.07, 6.45) is 7.50. The van der Waals surface area contributed by atoms with E-state index in [9.17, 15) is 8.78 Å². The Morgan fingerprint density at radius 3 is 2.72 bits per heavy atom. The lowest BCUT2D eigenvalue weighted by Crippen LogP contribution is -2.44. The largest absolute Gasteiger partial charge is 0.355 e. The van der Waals surface area contributed by atoms with Gasteiger partial charge in [-0.1, -0.05) is 0 Å². The third-order valence-corrected chi connectivity index (χ3v) is 8.28. The van der Waals surface area contributed by atoms with E-state index >= 15 is 0 Å². The van der Waals surface area contributed by atoms with Gasteiger partial charge in [0.05, 0.1) is 17.6 Å². The number of aromatic amines is 1. The number of aryl methyl sites for hydroxylation is 1. The maximum absolute atomic E-state index is 14.5. The number of nitrogens with zero attached hydrogens (tertiary/aromatic N) is 6. The van der Waals surface area contributed by atoms with Crippen molar-refractivity contribution < 1.29 is 8.78 Å². The Hall–Kier alpha value is -3.66. The van der Waals surface area contributed by atoms with Crippen molar-refractivity contribution >= 4 is 28.5 Å². The summed E-state index contributed by atoms with van der Waals surface area (Å²) in [6.45, 7) is 2.23. The highest BCUT2D eigenvalue weighted by atomic mass is 19.1. The zero-order chi connectivity index (χ0) is 24.4. The third kappa shape index (κ3) is 3.13. The number of nitrogens with two attached hydrogens (primary N) is 1. The minimum Gasteiger partial charge on any atom is -0.355 e. The van der Waals surface area contributed by atoms with Crippen LogP contribution in [-0.4, -0.2) is 44.8 Å². The van der Waals surface area contributed by atoms with Gasteiger partial charge >= 0.3 is 0 Å². The third-order valence-electron chi connectivity index (χ3n) is 8.28. The van der Waals surface area contributed by atoms with E-state index in [1.165, 1.54) is 12.1 Å². The van der Waals surface area contributed by atoms with Crippen LogP contribution in [0.25, 0.3) is 11.2 Å². The van der Waals surface area contributed by atoms with Crippen LogP contribution in [0.4, 0.5) is 26.1 Å². The SMILES string of the molecule is N[C@H]1c2c(F)ccc(F)c2CC12CCN(c1cnc3c(N4CCCc5ncccc54)n[nH]c3n1)CC2. The van der Waals surface area contributed by atoms with Gasteiger partial charge in [-0.15, -0.1) is 0 Å². The first-order chi connectivity index (χ1) is 17.5.